The Morgan fingerprint density at radius 1 is 1.16 bits per heavy atom. The number of rotatable bonds is 6. The summed E-state index contributed by atoms with van der Waals surface area (Å²) in [7, 11) is 3.33. The normalized spacial score (nSPS) is 11.0. The lowest BCUT2D eigenvalue weighted by molar-refractivity contribution is -0.112. The zero-order chi connectivity index (χ0) is 23.3. The first kappa shape index (κ1) is 22.8. The first-order valence-electron chi connectivity index (χ1n) is 9.82. The second-order valence-corrected chi connectivity index (χ2v) is 7.69. The fourth-order valence-electron chi connectivity index (χ4n) is 3.04. The SMILES string of the molecule is Cc1nn(Cc2ccccc2)c(Cl)c1/C=C(\C#N)C(=O)Nc1ccc(C(=O)N(C)C)cc1. The summed E-state index contributed by atoms with van der Waals surface area (Å²) in [6.45, 7) is 2.24. The Morgan fingerprint density at radius 3 is 2.41 bits per heavy atom. The molecule has 0 aliphatic heterocycles. The van der Waals surface area contributed by atoms with Crippen molar-refractivity contribution in [2.45, 2.75) is 13.5 Å². The number of benzene rings is 2. The summed E-state index contributed by atoms with van der Waals surface area (Å²) >= 11 is 6.50. The average molecular weight is 448 g/mol. The molecule has 3 rings (SSSR count). The summed E-state index contributed by atoms with van der Waals surface area (Å²) in [5, 5.41) is 17.0. The third kappa shape index (κ3) is 5.23. The standard InChI is InChI=1S/C24H22ClN5O2/c1-16-21(22(25)30(28-16)15-17-7-5-4-6-8-17)13-19(14-26)23(31)27-20-11-9-18(10-12-20)24(32)29(2)3/h4-13H,15H2,1-3H3,(H,27,31)/b19-13+. The quantitative estimate of drug-likeness (QED) is 0.454. The van der Waals surface area contributed by atoms with Crippen molar-refractivity contribution in [2.75, 3.05) is 19.4 Å². The molecule has 0 fully saturated rings. The van der Waals surface area contributed by atoms with Gasteiger partial charge in [-0.25, -0.2) is 4.68 Å². The van der Waals surface area contributed by atoms with E-state index in [1.807, 2.05) is 36.4 Å². The van der Waals surface area contributed by atoms with Gasteiger partial charge in [0.2, 0.25) is 0 Å². The van der Waals surface area contributed by atoms with Gasteiger partial charge in [-0.2, -0.15) is 10.4 Å². The molecule has 0 saturated carbocycles. The van der Waals surface area contributed by atoms with Gasteiger partial charge in [-0.1, -0.05) is 41.9 Å². The molecule has 2 aromatic carbocycles. The summed E-state index contributed by atoms with van der Waals surface area (Å²) in [6, 6.07) is 18.1. The van der Waals surface area contributed by atoms with Gasteiger partial charge in [0.1, 0.15) is 16.8 Å². The van der Waals surface area contributed by atoms with E-state index < -0.39 is 5.91 Å². The first-order chi connectivity index (χ1) is 15.3. The Hall–Kier alpha value is -3.89. The van der Waals surface area contributed by atoms with Crippen molar-refractivity contribution in [3.63, 3.8) is 0 Å². The average Bonchev–Trinajstić information content (AvgIpc) is 3.04. The van der Waals surface area contributed by atoms with Crippen molar-refractivity contribution in [3.8, 4) is 6.07 Å². The zero-order valence-corrected chi connectivity index (χ0v) is 18.7. The molecule has 162 valence electrons. The molecule has 1 aromatic heterocycles. The van der Waals surface area contributed by atoms with Crippen molar-refractivity contribution < 1.29 is 9.59 Å². The predicted molar refractivity (Wildman–Crippen MR) is 124 cm³/mol. The van der Waals surface area contributed by atoms with Gasteiger partial charge in [0.05, 0.1) is 12.2 Å². The lowest BCUT2D eigenvalue weighted by atomic mass is 10.1. The Kier molecular flexibility index (Phi) is 7.08. The van der Waals surface area contributed by atoms with E-state index in [0.717, 1.165) is 5.56 Å². The van der Waals surface area contributed by atoms with Crippen molar-refractivity contribution in [1.29, 1.82) is 5.26 Å². The van der Waals surface area contributed by atoms with Gasteiger partial charge in [-0.15, -0.1) is 0 Å². The molecule has 0 saturated heterocycles. The second kappa shape index (κ2) is 9.94. The van der Waals surface area contributed by atoms with Crippen LogP contribution >= 0.6 is 11.6 Å². The maximum Gasteiger partial charge on any atom is 0.266 e. The van der Waals surface area contributed by atoms with Gasteiger partial charge in [0, 0.05) is 30.9 Å². The Labute approximate surface area is 191 Å². The monoisotopic (exact) mass is 447 g/mol. The van der Waals surface area contributed by atoms with Crippen molar-refractivity contribution >= 4 is 35.2 Å². The highest BCUT2D eigenvalue weighted by Crippen LogP contribution is 2.24. The van der Waals surface area contributed by atoms with E-state index in [1.54, 1.807) is 50.0 Å². The van der Waals surface area contributed by atoms with Gasteiger partial charge < -0.3 is 10.2 Å². The van der Waals surface area contributed by atoms with Crippen LogP contribution in [0.4, 0.5) is 5.69 Å². The molecule has 0 aliphatic carbocycles. The van der Waals surface area contributed by atoms with Crippen LogP contribution in [0.3, 0.4) is 0 Å². The number of nitrogens with one attached hydrogen (secondary N) is 1. The maximum atomic E-state index is 12.6. The molecule has 0 aliphatic rings. The second-order valence-electron chi connectivity index (χ2n) is 7.33. The number of carbonyl (C=O) groups is 2. The van der Waals surface area contributed by atoms with Gasteiger partial charge >= 0.3 is 0 Å². The maximum absolute atomic E-state index is 12.6. The Morgan fingerprint density at radius 2 is 1.81 bits per heavy atom. The zero-order valence-electron chi connectivity index (χ0n) is 18.0. The molecule has 0 bridgehead atoms. The molecule has 0 atom stereocenters. The van der Waals surface area contributed by atoms with Gasteiger partial charge in [0.25, 0.3) is 11.8 Å². The molecular formula is C24H22ClN5O2. The smallest absolute Gasteiger partial charge is 0.266 e. The van der Waals surface area contributed by atoms with Gasteiger partial charge in [0.15, 0.2) is 0 Å². The minimum Gasteiger partial charge on any atom is -0.345 e. The number of halogens is 1. The molecule has 3 aromatic rings. The lowest BCUT2D eigenvalue weighted by Crippen LogP contribution is -2.21. The van der Waals surface area contributed by atoms with Crippen LogP contribution in [-0.2, 0) is 11.3 Å². The Bertz CT molecular complexity index is 1210. The van der Waals surface area contributed by atoms with E-state index in [0.29, 0.717) is 34.2 Å². The molecule has 32 heavy (non-hydrogen) atoms. The summed E-state index contributed by atoms with van der Waals surface area (Å²) in [5.41, 5.74) is 3.01. The first-order valence-corrected chi connectivity index (χ1v) is 10.2. The van der Waals surface area contributed by atoms with Crippen LogP contribution in [0, 0.1) is 18.3 Å². The van der Waals surface area contributed by atoms with Crippen LogP contribution < -0.4 is 5.32 Å². The highest BCUT2D eigenvalue weighted by molar-refractivity contribution is 6.31. The number of nitriles is 1. The van der Waals surface area contributed by atoms with Crippen LogP contribution in [0.2, 0.25) is 5.15 Å². The number of aromatic nitrogens is 2. The number of carbonyl (C=O) groups excluding carboxylic acids is 2. The van der Waals surface area contributed by atoms with Crippen molar-refractivity contribution in [1.82, 2.24) is 14.7 Å². The highest BCUT2D eigenvalue weighted by atomic mass is 35.5. The largest absolute Gasteiger partial charge is 0.345 e. The van der Waals surface area contributed by atoms with Gasteiger partial charge in [-0.05, 0) is 42.8 Å². The number of hydrogen-bond acceptors (Lipinski definition) is 4. The van der Waals surface area contributed by atoms with Crippen LogP contribution in [0.1, 0.15) is 27.2 Å². The van der Waals surface area contributed by atoms with E-state index in [2.05, 4.69) is 10.4 Å². The number of anilines is 1. The molecule has 1 N–H and O–H groups in total. The molecule has 7 nitrogen and oxygen atoms in total. The van der Waals surface area contributed by atoms with E-state index in [4.69, 9.17) is 11.6 Å². The van der Waals surface area contributed by atoms with Crippen LogP contribution in [0.5, 0.6) is 0 Å². The summed E-state index contributed by atoms with van der Waals surface area (Å²) in [6.07, 6.45) is 1.44. The summed E-state index contributed by atoms with van der Waals surface area (Å²) in [5.74, 6) is -0.719. The molecule has 2 amide bonds. The Balaban J connectivity index is 1.79. The fourth-order valence-corrected chi connectivity index (χ4v) is 3.33. The molecular weight excluding hydrogens is 426 g/mol. The topological polar surface area (TPSA) is 91.0 Å². The molecule has 8 heteroatoms. The van der Waals surface area contributed by atoms with E-state index >= 15 is 0 Å². The van der Waals surface area contributed by atoms with Crippen LogP contribution in [0.15, 0.2) is 60.2 Å². The number of aryl methyl sites for hydroxylation is 1. The molecule has 0 spiro atoms. The number of hydrogen-bond donors (Lipinski definition) is 1. The number of amides is 2. The van der Waals surface area contributed by atoms with E-state index in [9.17, 15) is 14.9 Å². The molecule has 0 unspecified atom stereocenters. The third-order valence-corrected chi connectivity index (χ3v) is 5.13. The molecule has 1 heterocycles. The summed E-state index contributed by atoms with van der Waals surface area (Å²) in [4.78, 5) is 26.1. The number of nitrogens with zero attached hydrogens (tertiary/aromatic N) is 4. The third-order valence-electron chi connectivity index (χ3n) is 4.73. The van der Waals surface area contributed by atoms with Crippen LogP contribution in [-0.4, -0.2) is 40.6 Å². The van der Waals surface area contributed by atoms with Crippen molar-refractivity contribution in [2.24, 2.45) is 0 Å². The highest BCUT2D eigenvalue weighted by Gasteiger charge is 2.16. The lowest BCUT2D eigenvalue weighted by Gasteiger charge is -2.11. The minimum absolute atomic E-state index is 0.109. The summed E-state index contributed by atoms with van der Waals surface area (Å²) < 4.78 is 1.63. The fraction of sp³-hybridized carbons (Fsp3) is 0.167. The molecule has 0 radical (unpaired) electrons. The van der Waals surface area contributed by atoms with E-state index in [1.165, 1.54) is 11.0 Å². The van der Waals surface area contributed by atoms with Gasteiger partial charge in [-0.3, -0.25) is 9.59 Å². The van der Waals surface area contributed by atoms with Crippen molar-refractivity contribution in [3.05, 3.63) is 87.7 Å². The predicted octanol–water partition coefficient (Wildman–Crippen LogP) is 4.14. The minimum atomic E-state index is -0.578. The van der Waals surface area contributed by atoms with E-state index in [-0.39, 0.29) is 11.5 Å². The van der Waals surface area contributed by atoms with Crippen LogP contribution in [0.25, 0.3) is 6.08 Å².